The van der Waals surface area contributed by atoms with Crippen LogP contribution in [0.2, 0.25) is 0 Å². The van der Waals surface area contributed by atoms with Crippen LogP contribution in [0.4, 0.5) is 0 Å². The van der Waals surface area contributed by atoms with Crippen molar-refractivity contribution in [3.05, 3.63) is 12.7 Å². The van der Waals surface area contributed by atoms with E-state index >= 15 is 0 Å². The minimum absolute atomic E-state index is 0.914. The molecule has 0 fully saturated rings. The van der Waals surface area contributed by atoms with Crippen molar-refractivity contribution in [3.63, 3.8) is 0 Å². The second-order valence-electron chi connectivity index (χ2n) is 5.90. The third-order valence-electron chi connectivity index (χ3n) is 3.95. The van der Waals surface area contributed by atoms with E-state index in [-0.39, 0.29) is 0 Å². The van der Waals surface area contributed by atoms with Gasteiger partial charge in [0, 0.05) is 3.92 Å². The lowest BCUT2D eigenvalue weighted by molar-refractivity contribution is 0.381. The molecule has 0 N–H and O–H groups in total. The first-order chi connectivity index (χ1) is 9.24. The van der Waals surface area contributed by atoms with Crippen LogP contribution < -0.4 is 0 Å². The fourth-order valence-electron chi connectivity index (χ4n) is 2.83. The molecule has 2 unspecified atom stereocenters. The highest BCUT2D eigenvalue weighted by Crippen LogP contribution is 2.24. The maximum absolute atomic E-state index is 3.79. The highest BCUT2D eigenvalue weighted by molar-refractivity contribution is 14.1. The van der Waals surface area contributed by atoms with Crippen LogP contribution in [-0.2, 0) is 0 Å². The molecule has 0 aromatic heterocycles. The van der Waals surface area contributed by atoms with Crippen LogP contribution in [0.15, 0.2) is 12.7 Å². The Kier molecular flexibility index (Phi) is 15.2. The van der Waals surface area contributed by atoms with Gasteiger partial charge in [0.1, 0.15) is 0 Å². The molecule has 1 heteroatoms. The molecule has 0 radical (unpaired) electrons. The molecule has 0 aromatic carbocycles. The van der Waals surface area contributed by atoms with Gasteiger partial charge >= 0.3 is 0 Å². The first kappa shape index (κ1) is 19.5. The molecule has 0 aliphatic rings. The van der Waals surface area contributed by atoms with Crippen molar-refractivity contribution in [1.29, 1.82) is 0 Å². The maximum Gasteiger partial charge on any atom is 0.0109 e. The summed E-state index contributed by atoms with van der Waals surface area (Å²) in [5, 5.41) is 0. The van der Waals surface area contributed by atoms with Crippen LogP contribution in [0.1, 0.15) is 90.9 Å². The van der Waals surface area contributed by atoms with Gasteiger partial charge in [0.15, 0.2) is 0 Å². The summed E-state index contributed by atoms with van der Waals surface area (Å²) < 4.78 is 0.914. The topological polar surface area (TPSA) is 0 Å². The number of rotatable bonds is 14. The van der Waals surface area contributed by atoms with Crippen LogP contribution in [0.3, 0.4) is 0 Å². The molecule has 0 aliphatic carbocycles. The first-order valence-corrected chi connectivity index (χ1v) is 9.74. The largest absolute Gasteiger partial charge is 0.103 e. The van der Waals surface area contributed by atoms with Crippen molar-refractivity contribution in [3.8, 4) is 0 Å². The molecule has 0 spiro atoms. The fourth-order valence-corrected chi connectivity index (χ4v) is 3.89. The standard InChI is InChI=1S/C18H35I/c1-4-7-8-9-10-14-17(12-5-2)15-11-16-18(19)13-6-3/h4,17-18H,1,5-16H2,2-3H3. The SMILES string of the molecule is C=CCCCCCC(CCC)CCCC(I)CCC. The molecule has 114 valence electrons. The lowest BCUT2D eigenvalue weighted by Crippen LogP contribution is -2.03. The molecule has 0 rings (SSSR count). The fraction of sp³-hybridized carbons (Fsp3) is 0.889. The highest BCUT2D eigenvalue weighted by atomic mass is 127. The lowest BCUT2D eigenvalue weighted by Gasteiger charge is -2.17. The third-order valence-corrected chi connectivity index (χ3v) is 5.19. The van der Waals surface area contributed by atoms with Gasteiger partial charge in [-0.1, -0.05) is 93.9 Å². The highest BCUT2D eigenvalue weighted by Gasteiger charge is 2.09. The molecule has 0 aliphatic heterocycles. The van der Waals surface area contributed by atoms with Crippen LogP contribution >= 0.6 is 22.6 Å². The Morgan fingerprint density at radius 2 is 1.53 bits per heavy atom. The van der Waals surface area contributed by atoms with Crippen molar-refractivity contribution in [2.75, 3.05) is 0 Å². The van der Waals surface area contributed by atoms with E-state index in [9.17, 15) is 0 Å². The Labute approximate surface area is 136 Å². The van der Waals surface area contributed by atoms with Gasteiger partial charge in [-0.05, 0) is 31.6 Å². The smallest absolute Gasteiger partial charge is 0.0109 e. The minimum atomic E-state index is 0.914. The molecule has 0 nitrogen and oxygen atoms in total. The summed E-state index contributed by atoms with van der Waals surface area (Å²) in [5.74, 6) is 0.999. The molecule has 0 saturated heterocycles. The van der Waals surface area contributed by atoms with Crippen LogP contribution in [0.5, 0.6) is 0 Å². The van der Waals surface area contributed by atoms with Crippen molar-refractivity contribution >= 4 is 22.6 Å². The van der Waals surface area contributed by atoms with E-state index in [1.54, 1.807) is 0 Å². The van der Waals surface area contributed by atoms with Gasteiger partial charge in [-0.25, -0.2) is 0 Å². The molecule has 0 bridgehead atoms. The Balaban J connectivity index is 3.63. The average molecular weight is 378 g/mol. The van der Waals surface area contributed by atoms with E-state index in [2.05, 4.69) is 49.1 Å². The third kappa shape index (κ3) is 13.2. The van der Waals surface area contributed by atoms with Crippen LogP contribution in [0.25, 0.3) is 0 Å². The Morgan fingerprint density at radius 3 is 2.16 bits per heavy atom. The number of allylic oxidation sites excluding steroid dienone is 1. The van der Waals surface area contributed by atoms with E-state index in [0.717, 1.165) is 9.84 Å². The van der Waals surface area contributed by atoms with E-state index in [1.807, 2.05) is 0 Å². The molecule has 2 atom stereocenters. The molecule has 19 heavy (non-hydrogen) atoms. The number of unbranched alkanes of at least 4 members (excludes halogenated alkanes) is 3. The molecule has 0 amide bonds. The van der Waals surface area contributed by atoms with Gasteiger partial charge in [0.05, 0.1) is 0 Å². The molecular formula is C18H35I. The molecular weight excluding hydrogens is 343 g/mol. The number of halogens is 1. The van der Waals surface area contributed by atoms with E-state index in [0.29, 0.717) is 0 Å². The zero-order chi connectivity index (χ0) is 14.3. The molecule has 0 aromatic rings. The van der Waals surface area contributed by atoms with Crippen LogP contribution in [-0.4, -0.2) is 3.92 Å². The second-order valence-corrected chi connectivity index (χ2v) is 7.66. The van der Waals surface area contributed by atoms with Crippen molar-refractivity contribution < 1.29 is 0 Å². The Hall–Kier alpha value is 0.470. The Morgan fingerprint density at radius 1 is 0.842 bits per heavy atom. The monoisotopic (exact) mass is 378 g/mol. The summed E-state index contributed by atoms with van der Waals surface area (Å²) in [6.07, 6.45) is 18.8. The molecule has 0 heterocycles. The Bertz CT molecular complexity index is 188. The second kappa shape index (κ2) is 14.9. The normalized spacial score (nSPS) is 14.3. The van der Waals surface area contributed by atoms with Gasteiger partial charge < -0.3 is 0 Å². The number of hydrogen-bond acceptors (Lipinski definition) is 0. The van der Waals surface area contributed by atoms with Gasteiger partial charge in [0.25, 0.3) is 0 Å². The van der Waals surface area contributed by atoms with Gasteiger partial charge in [-0.15, -0.1) is 6.58 Å². The molecule has 0 saturated carbocycles. The summed E-state index contributed by atoms with van der Waals surface area (Å²) in [6.45, 7) is 8.43. The van der Waals surface area contributed by atoms with Crippen LogP contribution in [0, 0.1) is 5.92 Å². The van der Waals surface area contributed by atoms with Gasteiger partial charge in [-0.2, -0.15) is 0 Å². The zero-order valence-corrected chi connectivity index (χ0v) is 15.5. The van der Waals surface area contributed by atoms with E-state index in [4.69, 9.17) is 0 Å². The number of hydrogen-bond donors (Lipinski definition) is 0. The summed E-state index contributed by atoms with van der Waals surface area (Å²) in [7, 11) is 0. The zero-order valence-electron chi connectivity index (χ0n) is 13.3. The lowest BCUT2D eigenvalue weighted by atomic mass is 9.91. The maximum atomic E-state index is 3.79. The van der Waals surface area contributed by atoms with E-state index < -0.39 is 0 Å². The van der Waals surface area contributed by atoms with Crippen molar-refractivity contribution in [2.45, 2.75) is 94.8 Å². The van der Waals surface area contributed by atoms with Gasteiger partial charge in [-0.3, -0.25) is 0 Å². The predicted molar refractivity (Wildman–Crippen MR) is 98.2 cm³/mol. The van der Waals surface area contributed by atoms with Crippen molar-refractivity contribution in [2.24, 2.45) is 5.92 Å². The summed E-state index contributed by atoms with van der Waals surface area (Å²) >= 11 is 2.64. The predicted octanol–water partition coefficient (Wildman–Crippen LogP) is 7.31. The minimum Gasteiger partial charge on any atom is -0.103 e. The summed E-state index contributed by atoms with van der Waals surface area (Å²) in [4.78, 5) is 0. The summed E-state index contributed by atoms with van der Waals surface area (Å²) in [6, 6.07) is 0. The van der Waals surface area contributed by atoms with Gasteiger partial charge in [0.2, 0.25) is 0 Å². The summed E-state index contributed by atoms with van der Waals surface area (Å²) in [5.41, 5.74) is 0. The quantitative estimate of drug-likeness (QED) is 0.129. The average Bonchev–Trinajstić information content (AvgIpc) is 2.38. The van der Waals surface area contributed by atoms with E-state index in [1.165, 1.54) is 77.0 Å². The number of alkyl halides is 1. The van der Waals surface area contributed by atoms with Crippen molar-refractivity contribution in [1.82, 2.24) is 0 Å². The first-order valence-electron chi connectivity index (χ1n) is 8.49.